The summed E-state index contributed by atoms with van der Waals surface area (Å²) in [5.74, 6) is 1.67. The Bertz CT molecular complexity index is 358. The van der Waals surface area contributed by atoms with E-state index in [9.17, 15) is 0 Å². The number of aryl methyl sites for hydroxylation is 1. The molecule has 1 rings (SSSR count). The molecule has 1 aromatic carbocycles. The number of ether oxygens (including phenoxy) is 1. The molecule has 0 aliphatic rings. The highest BCUT2D eigenvalue weighted by Crippen LogP contribution is 2.33. The van der Waals surface area contributed by atoms with Gasteiger partial charge in [-0.05, 0) is 32.9 Å². The fourth-order valence-corrected chi connectivity index (χ4v) is 2.60. The first-order chi connectivity index (χ1) is 8.67. The maximum absolute atomic E-state index is 5.77. The van der Waals surface area contributed by atoms with Crippen LogP contribution in [0.5, 0.6) is 5.75 Å². The van der Waals surface area contributed by atoms with Gasteiger partial charge in [0, 0.05) is 11.6 Å². The molecule has 1 atom stereocenters. The monoisotopic (exact) mass is 249 g/mol. The van der Waals surface area contributed by atoms with Gasteiger partial charge in [0.1, 0.15) is 5.75 Å². The van der Waals surface area contributed by atoms with Crippen molar-refractivity contribution in [2.75, 3.05) is 13.7 Å². The molecule has 1 unspecified atom stereocenters. The van der Waals surface area contributed by atoms with Crippen LogP contribution in [0.2, 0.25) is 0 Å². The molecule has 0 bridgehead atoms. The summed E-state index contributed by atoms with van der Waals surface area (Å²) in [4.78, 5) is 0. The van der Waals surface area contributed by atoms with Crippen LogP contribution in [0.4, 0.5) is 0 Å². The summed E-state index contributed by atoms with van der Waals surface area (Å²) in [6.07, 6.45) is 2.36. The van der Waals surface area contributed by atoms with Gasteiger partial charge in [-0.2, -0.15) is 0 Å². The first-order valence-electron chi connectivity index (χ1n) is 7.08. The van der Waals surface area contributed by atoms with Crippen molar-refractivity contribution in [3.63, 3.8) is 0 Å². The lowest BCUT2D eigenvalue weighted by Gasteiger charge is -2.27. The van der Waals surface area contributed by atoms with Gasteiger partial charge in [0.05, 0.1) is 6.61 Å². The summed E-state index contributed by atoms with van der Waals surface area (Å²) >= 11 is 0. The van der Waals surface area contributed by atoms with Gasteiger partial charge in [0.25, 0.3) is 0 Å². The van der Waals surface area contributed by atoms with E-state index in [1.165, 1.54) is 24.0 Å². The van der Waals surface area contributed by atoms with Crippen LogP contribution in [-0.2, 0) is 0 Å². The molecule has 0 amide bonds. The summed E-state index contributed by atoms with van der Waals surface area (Å²) in [7, 11) is 2.04. The molecule has 0 spiro atoms. The zero-order valence-corrected chi connectivity index (χ0v) is 12.4. The lowest BCUT2D eigenvalue weighted by molar-refractivity contribution is 0.311. The van der Waals surface area contributed by atoms with Crippen molar-refractivity contribution in [1.29, 1.82) is 0 Å². The largest absolute Gasteiger partial charge is 0.494 e. The molecule has 0 fully saturated rings. The van der Waals surface area contributed by atoms with Crippen LogP contribution in [0, 0.1) is 12.8 Å². The predicted molar refractivity (Wildman–Crippen MR) is 78.2 cm³/mol. The standard InChI is InChI=1S/C16H27NO/c1-6-13(7-2)16(17-5)14-11-12(4)9-10-15(14)18-8-3/h9-11,13,16-17H,6-8H2,1-5H3. The highest BCUT2D eigenvalue weighted by molar-refractivity contribution is 5.39. The Hall–Kier alpha value is -1.02. The number of benzene rings is 1. The van der Waals surface area contributed by atoms with E-state index in [1.54, 1.807) is 0 Å². The number of nitrogens with one attached hydrogen (secondary N) is 1. The lowest BCUT2D eigenvalue weighted by Crippen LogP contribution is -2.25. The molecule has 0 heterocycles. The van der Waals surface area contributed by atoms with Crippen molar-refractivity contribution in [2.24, 2.45) is 5.92 Å². The highest BCUT2D eigenvalue weighted by Gasteiger charge is 2.22. The molecule has 0 aromatic heterocycles. The molecule has 2 nitrogen and oxygen atoms in total. The molecule has 0 saturated heterocycles. The van der Waals surface area contributed by atoms with Crippen molar-refractivity contribution in [3.05, 3.63) is 29.3 Å². The summed E-state index contributed by atoms with van der Waals surface area (Å²) < 4.78 is 5.77. The van der Waals surface area contributed by atoms with Crippen LogP contribution in [0.25, 0.3) is 0 Å². The van der Waals surface area contributed by atoms with Gasteiger partial charge in [0.15, 0.2) is 0 Å². The first-order valence-corrected chi connectivity index (χ1v) is 7.08. The topological polar surface area (TPSA) is 21.3 Å². The SMILES string of the molecule is CCOc1ccc(C)cc1C(NC)C(CC)CC. The third-order valence-corrected chi connectivity index (χ3v) is 3.63. The van der Waals surface area contributed by atoms with Crippen molar-refractivity contribution in [1.82, 2.24) is 5.32 Å². The Morgan fingerprint density at radius 3 is 2.33 bits per heavy atom. The zero-order valence-electron chi connectivity index (χ0n) is 12.4. The average molecular weight is 249 g/mol. The molecule has 102 valence electrons. The number of rotatable bonds is 7. The van der Waals surface area contributed by atoms with Crippen LogP contribution >= 0.6 is 0 Å². The highest BCUT2D eigenvalue weighted by atomic mass is 16.5. The average Bonchev–Trinajstić information content (AvgIpc) is 2.38. The minimum absolute atomic E-state index is 0.376. The summed E-state index contributed by atoms with van der Waals surface area (Å²) in [5.41, 5.74) is 2.59. The van der Waals surface area contributed by atoms with Gasteiger partial charge in [-0.1, -0.05) is 44.4 Å². The van der Waals surface area contributed by atoms with Gasteiger partial charge in [0.2, 0.25) is 0 Å². The van der Waals surface area contributed by atoms with Crippen LogP contribution in [-0.4, -0.2) is 13.7 Å². The maximum atomic E-state index is 5.77. The molecule has 0 saturated carbocycles. The Morgan fingerprint density at radius 2 is 1.83 bits per heavy atom. The lowest BCUT2D eigenvalue weighted by atomic mass is 9.88. The van der Waals surface area contributed by atoms with E-state index in [0.717, 1.165) is 12.4 Å². The Labute approximate surface area is 112 Å². The van der Waals surface area contributed by atoms with E-state index in [2.05, 4.69) is 44.3 Å². The third-order valence-electron chi connectivity index (χ3n) is 3.63. The smallest absolute Gasteiger partial charge is 0.124 e. The van der Waals surface area contributed by atoms with Crippen LogP contribution in [0.15, 0.2) is 18.2 Å². The van der Waals surface area contributed by atoms with Crippen LogP contribution in [0.1, 0.15) is 50.8 Å². The Kier molecular flexibility index (Phi) is 6.20. The molecular formula is C16H27NO. The number of hydrogen-bond donors (Lipinski definition) is 1. The van der Waals surface area contributed by atoms with Gasteiger partial charge < -0.3 is 10.1 Å². The van der Waals surface area contributed by atoms with Crippen molar-refractivity contribution in [3.8, 4) is 5.75 Å². The Morgan fingerprint density at radius 1 is 1.17 bits per heavy atom. The minimum atomic E-state index is 0.376. The van der Waals surface area contributed by atoms with Crippen molar-refractivity contribution in [2.45, 2.75) is 46.6 Å². The maximum Gasteiger partial charge on any atom is 0.124 e. The summed E-state index contributed by atoms with van der Waals surface area (Å²) in [5, 5.41) is 3.47. The van der Waals surface area contributed by atoms with E-state index < -0.39 is 0 Å². The second-order valence-corrected chi connectivity index (χ2v) is 4.82. The number of hydrogen-bond acceptors (Lipinski definition) is 2. The normalized spacial score (nSPS) is 12.8. The van der Waals surface area contributed by atoms with Crippen LogP contribution < -0.4 is 10.1 Å². The predicted octanol–water partition coefficient (Wildman–Crippen LogP) is 4.09. The molecule has 18 heavy (non-hydrogen) atoms. The summed E-state index contributed by atoms with van der Waals surface area (Å²) in [6.45, 7) is 9.41. The zero-order chi connectivity index (χ0) is 13.5. The molecule has 2 heteroatoms. The third kappa shape index (κ3) is 3.49. The Balaban J connectivity index is 3.13. The minimum Gasteiger partial charge on any atom is -0.494 e. The summed E-state index contributed by atoms with van der Waals surface area (Å²) in [6, 6.07) is 6.85. The van der Waals surface area contributed by atoms with Crippen molar-refractivity contribution < 1.29 is 4.74 Å². The van der Waals surface area contributed by atoms with Gasteiger partial charge in [-0.25, -0.2) is 0 Å². The fourth-order valence-electron chi connectivity index (χ4n) is 2.60. The first kappa shape index (κ1) is 15.0. The molecule has 1 aromatic rings. The van der Waals surface area contributed by atoms with Gasteiger partial charge >= 0.3 is 0 Å². The van der Waals surface area contributed by atoms with Crippen LogP contribution in [0.3, 0.4) is 0 Å². The second-order valence-electron chi connectivity index (χ2n) is 4.82. The van der Waals surface area contributed by atoms with E-state index >= 15 is 0 Å². The van der Waals surface area contributed by atoms with E-state index in [-0.39, 0.29) is 0 Å². The molecule has 0 aliphatic carbocycles. The molecular weight excluding hydrogens is 222 g/mol. The fraction of sp³-hybridized carbons (Fsp3) is 0.625. The molecule has 1 N–H and O–H groups in total. The van der Waals surface area contributed by atoms with E-state index in [0.29, 0.717) is 12.0 Å². The van der Waals surface area contributed by atoms with E-state index in [1.807, 2.05) is 14.0 Å². The molecule has 0 radical (unpaired) electrons. The van der Waals surface area contributed by atoms with Crippen molar-refractivity contribution >= 4 is 0 Å². The quantitative estimate of drug-likeness (QED) is 0.786. The van der Waals surface area contributed by atoms with Gasteiger partial charge in [-0.15, -0.1) is 0 Å². The second kappa shape index (κ2) is 7.42. The van der Waals surface area contributed by atoms with Gasteiger partial charge in [-0.3, -0.25) is 0 Å². The van der Waals surface area contributed by atoms with E-state index in [4.69, 9.17) is 4.74 Å². The molecule has 0 aliphatic heterocycles.